The van der Waals surface area contributed by atoms with Crippen molar-refractivity contribution in [3.05, 3.63) is 78.9 Å². The Bertz CT molecular complexity index is 928. The Morgan fingerprint density at radius 3 is 2.10 bits per heavy atom. The van der Waals surface area contributed by atoms with Crippen molar-refractivity contribution in [1.29, 1.82) is 0 Å². The zero-order valence-corrected chi connectivity index (χ0v) is 18.7. The molecule has 4 nitrogen and oxygen atoms in total. The van der Waals surface area contributed by atoms with E-state index in [1.165, 1.54) is 35.7 Å². The van der Waals surface area contributed by atoms with Crippen LogP contribution in [0.15, 0.2) is 83.8 Å². The van der Waals surface area contributed by atoms with Crippen molar-refractivity contribution in [3.8, 4) is 11.1 Å². The number of hydrogen-bond acceptors (Lipinski definition) is 5. The maximum atomic E-state index is 12.0. The van der Waals surface area contributed by atoms with Crippen LogP contribution < -0.4 is 11.2 Å². The van der Waals surface area contributed by atoms with E-state index < -0.39 is 0 Å². The molecule has 0 saturated heterocycles. The highest BCUT2D eigenvalue weighted by Crippen LogP contribution is 2.30. The molecule has 31 heavy (non-hydrogen) atoms. The van der Waals surface area contributed by atoms with Crippen LogP contribution in [0.1, 0.15) is 39.0 Å². The first-order valence-electron chi connectivity index (χ1n) is 10.8. The highest BCUT2D eigenvalue weighted by atomic mass is 32.2. The number of carbonyl (C=O) groups excluding carboxylic acids is 1. The first-order chi connectivity index (χ1) is 15.2. The van der Waals surface area contributed by atoms with Gasteiger partial charge in [-0.2, -0.15) is 5.90 Å². The van der Waals surface area contributed by atoms with E-state index in [4.69, 9.17) is 5.90 Å². The molecule has 5 heteroatoms. The SMILES string of the molecule is CCCCCCC(Sc1ccc(Nc2ccc(-c3ccccc3)cc2)cc1)C(=O)ON. The Morgan fingerprint density at radius 1 is 0.871 bits per heavy atom. The molecule has 1 atom stereocenters. The van der Waals surface area contributed by atoms with Crippen LogP contribution in [0.5, 0.6) is 0 Å². The first-order valence-corrected chi connectivity index (χ1v) is 11.7. The summed E-state index contributed by atoms with van der Waals surface area (Å²) in [6, 6.07) is 26.8. The number of rotatable bonds is 11. The molecule has 0 radical (unpaired) electrons. The minimum Gasteiger partial charge on any atom is -0.372 e. The van der Waals surface area contributed by atoms with E-state index in [9.17, 15) is 4.79 Å². The van der Waals surface area contributed by atoms with Gasteiger partial charge in [0.1, 0.15) is 5.25 Å². The van der Waals surface area contributed by atoms with Crippen LogP contribution in [0.25, 0.3) is 11.1 Å². The molecule has 0 aliphatic rings. The minimum atomic E-state index is -0.359. The van der Waals surface area contributed by atoms with E-state index in [1.807, 2.05) is 42.5 Å². The molecular formula is C26H30N2O2S. The van der Waals surface area contributed by atoms with E-state index in [2.05, 4.69) is 53.5 Å². The maximum Gasteiger partial charge on any atom is 0.337 e. The third kappa shape index (κ3) is 7.16. The summed E-state index contributed by atoms with van der Waals surface area (Å²) in [6.07, 6.45) is 5.25. The van der Waals surface area contributed by atoms with Gasteiger partial charge < -0.3 is 10.2 Å². The number of hydrogen-bond donors (Lipinski definition) is 2. The van der Waals surface area contributed by atoms with Crippen molar-refractivity contribution in [2.75, 3.05) is 5.32 Å². The molecule has 0 spiro atoms. The van der Waals surface area contributed by atoms with Crippen molar-refractivity contribution < 1.29 is 9.63 Å². The molecule has 0 heterocycles. The summed E-state index contributed by atoms with van der Waals surface area (Å²) < 4.78 is 0. The molecule has 0 aliphatic heterocycles. The molecule has 1 unspecified atom stereocenters. The summed E-state index contributed by atoms with van der Waals surface area (Å²) in [5.41, 5.74) is 4.42. The van der Waals surface area contributed by atoms with Crippen LogP contribution in [0, 0.1) is 0 Å². The maximum absolute atomic E-state index is 12.0. The lowest BCUT2D eigenvalue weighted by molar-refractivity contribution is -0.143. The Labute approximate surface area is 189 Å². The van der Waals surface area contributed by atoms with Gasteiger partial charge >= 0.3 is 5.97 Å². The summed E-state index contributed by atoms with van der Waals surface area (Å²) in [5, 5.41) is 3.15. The lowest BCUT2D eigenvalue weighted by Gasteiger charge is -2.14. The zero-order valence-electron chi connectivity index (χ0n) is 17.9. The summed E-state index contributed by atoms with van der Waals surface area (Å²) in [6.45, 7) is 2.17. The van der Waals surface area contributed by atoms with Crippen molar-refractivity contribution in [2.24, 2.45) is 5.90 Å². The van der Waals surface area contributed by atoms with Gasteiger partial charge in [0.15, 0.2) is 0 Å². The summed E-state index contributed by atoms with van der Waals surface area (Å²) in [7, 11) is 0. The number of thioether (sulfide) groups is 1. The smallest absolute Gasteiger partial charge is 0.337 e. The lowest BCUT2D eigenvalue weighted by atomic mass is 10.1. The number of nitrogens with two attached hydrogens (primary N) is 1. The van der Waals surface area contributed by atoms with Gasteiger partial charge in [0, 0.05) is 16.3 Å². The van der Waals surface area contributed by atoms with E-state index >= 15 is 0 Å². The lowest BCUT2D eigenvalue weighted by Crippen LogP contribution is -2.23. The number of nitrogens with one attached hydrogen (secondary N) is 1. The van der Waals surface area contributed by atoms with E-state index in [1.54, 1.807) is 0 Å². The van der Waals surface area contributed by atoms with Gasteiger partial charge in [-0.25, -0.2) is 4.79 Å². The van der Waals surface area contributed by atoms with Crippen LogP contribution in [-0.4, -0.2) is 11.2 Å². The molecule has 0 amide bonds. The Balaban J connectivity index is 1.58. The van der Waals surface area contributed by atoms with Crippen LogP contribution in [0.4, 0.5) is 11.4 Å². The van der Waals surface area contributed by atoms with Crippen LogP contribution in [0.2, 0.25) is 0 Å². The molecule has 162 valence electrons. The molecule has 3 aromatic carbocycles. The van der Waals surface area contributed by atoms with E-state index in [0.717, 1.165) is 35.5 Å². The average Bonchev–Trinajstić information content (AvgIpc) is 2.82. The number of anilines is 2. The van der Waals surface area contributed by atoms with Gasteiger partial charge in [-0.1, -0.05) is 75.1 Å². The zero-order chi connectivity index (χ0) is 21.9. The predicted octanol–water partition coefficient (Wildman–Crippen LogP) is 6.95. The fourth-order valence-corrected chi connectivity index (χ4v) is 4.44. The molecule has 3 rings (SSSR count). The second-order valence-corrected chi connectivity index (χ2v) is 8.76. The van der Waals surface area contributed by atoms with Gasteiger partial charge in [-0.05, 0) is 53.9 Å². The molecule has 3 aromatic rings. The molecule has 0 saturated carbocycles. The monoisotopic (exact) mass is 434 g/mol. The first kappa shape index (κ1) is 22.9. The van der Waals surface area contributed by atoms with Crippen molar-refractivity contribution in [3.63, 3.8) is 0 Å². The largest absolute Gasteiger partial charge is 0.372 e. The van der Waals surface area contributed by atoms with Gasteiger partial charge in [-0.15, -0.1) is 11.8 Å². The quantitative estimate of drug-likeness (QED) is 0.194. The molecule has 0 aliphatic carbocycles. The number of unbranched alkanes of at least 4 members (excludes halogenated alkanes) is 3. The topological polar surface area (TPSA) is 64.3 Å². The fraction of sp³-hybridized carbons (Fsp3) is 0.269. The molecule has 0 bridgehead atoms. The second-order valence-electron chi connectivity index (χ2n) is 7.49. The third-order valence-corrected chi connectivity index (χ3v) is 6.37. The summed E-state index contributed by atoms with van der Waals surface area (Å²) in [4.78, 5) is 17.6. The van der Waals surface area contributed by atoms with Gasteiger partial charge in [0.2, 0.25) is 0 Å². The van der Waals surface area contributed by atoms with Crippen LogP contribution in [-0.2, 0) is 9.63 Å². The Kier molecular flexibility index (Phi) is 9.00. The van der Waals surface area contributed by atoms with Gasteiger partial charge in [0.25, 0.3) is 0 Å². The molecule has 0 aromatic heterocycles. The fourth-order valence-electron chi connectivity index (χ4n) is 3.38. The van der Waals surface area contributed by atoms with Crippen molar-refractivity contribution in [1.82, 2.24) is 0 Å². The summed E-state index contributed by atoms with van der Waals surface area (Å²) in [5.74, 6) is 4.78. The Morgan fingerprint density at radius 2 is 1.48 bits per heavy atom. The van der Waals surface area contributed by atoms with E-state index in [-0.39, 0.29) is 11.2 Å². The average molecular weight is 435 g/mol. The normalized spacial score (nSPS) is 11.7. The third-order valence-electron chi connectivity index (χ3n) is 5.11. The number of benzene rings is 3. The van der Waals surface area contributed by atoms with Gasteiger partial charge in [0.05, 0.1) is 0 Å². The molecule has 0 fully saturated rings. The standard InChI is InChI=1S/C26H30N2O2S/c1-2-3-4-8-11-25(26(29)30-27)31-24-18-16-23(17-19-24)28-22-14-12-21(13-15-22)20-9-6-5-7-10-20/h5-7,9-10,12-19,25,28H,2-4,8,11,27H2,1H3. The Hall–Kier alpha value is -2.76. The second kappa shape index (κ2) is 12.2. The summed E-state index contributed by atoms with van der Waals surface area (Å²) >= 11 is 1.51. The minimum absolute atomic E-state index is 0.272. The van der Waals surface area contributed by atoms with Crippen molar-refractivity contribution in [2.45, 2.75) is 49.2 Å². The van der Waals surface area contributed by atoms with Crippen LogP contribution >= 0.6 is 11.8 Å². The molecule has 3 N–H and O–H groups in total. The van der Waals surface area contributed by atoms with Crippen LogP contribution in [0.3, 0.4) is 0 Å². The highest BCUT2D eigenvalue weighted by Gasteiger charge is 2.20. The number of carbonyl (C=O) groups is 1. The van der Waals surface area contributed by atoms with E-state index in [0.29, 0.717) is 0 Å². The predicted molar refractivity (Wildman–Crippen MR) is 130 cm³/mol. The van der Waals surface area contributed by atoms with Crippen molar-refractivity contribution >= 4 is 29.1 Å². The van der Waals surface area contributed by atoms with Gasteiger partial charge in [-0.3, -0.25) is 0 Å². The molecular weight excluding hydrogens is 404 g/mol. The highest BCUT2D eigenvalue weighted by molar-refractivity contribution is 8.00.